The van der Waals surface area contributed by atoms with Crippen molar-refractivity contribution in [2.45, 2.75) is 19.6 Å². The van der Waals surface area contributed by atoms with Crippen LogP contribution in [0.15, 0.2) is 42.5 Å². The normalized spacial score (nSPS) is 13.9. The minimum absolute atomic E-state index is 0.107. The number of ether oxygens (including phenoxy) is 3. The van der Waals surface area contributed by atoms with Crippen molar-refractivity contribution >= 4 is 17.5 Å². The van der Waals surface area contributed by atoms with E-state index in [1.807, 2.05) is 18.2 Å². The van der Waals surface area contributed by atoms with Crippen molar-refractivity contribution in [2.75, 3.05) is 20.3 Å². The van der Waals surface area contributed by atoms with Crippen LogP contribution in [-0.4, -0.2) is 37.2 Å². The lowest BCUT2D eigenvalue weighted by atomic mass is 10.1. The number of carbonyl (C=O) groups excluding carboxylic acids is 1. The molecule has 2 aromatic rings. The molecule has 0 spiro atoms. The van der Waals surface area contributed by atoms with Gasteiger partial charge in [0.1, 0.15) is 19.0 Å². The van der Waals surface area contributed by atoms with E-state index in [1.54, 1.807) is 43.1 Å². The van der Waals surface area contributed by atoms with Crippen molar-refractivity contribution in [1.29, 1.82) is 0 Å². The second-order valence-corrected chi connectivity index (χ2v) is 6.32. The number of carbonyl (C=O) groups is 1. The maximum atomic E-state index is 12.5. The maximum absolute atomic E-state index is 12.5. The lowest BCUT2D eigenvalue weighted by molar-refractivity contribution is -0.137. The van der Waals surface area contributed by atoms with Gasteiger partial charge in [0.05, 0.1) is 0 Å². The molecule has 1 atom stereocenters. The SMILES string of the molecule is CC(Oc1ccc(Cl)cc1)C(=O)N(C)Cc1ccc2c(c1)OCCO2. The van der Waals surface area contributed by atoms with Gasteiger partial charge in [-0.2, -0.15) is 0 Å². The van der Waals surface area contributed by atoms with E-state index in [-0.39, 0.29) is 5.91 Å². The Kier molecular flexibility index (Phi) is 5.34. The van der Waals surface area contributed by atoms with E-state index in [9.17, 15) is 4.79 Å². The third kappa shape index (κ3) is 4.37. The molecule has 0 bridgehead atoms. The highest BCUT2D eigenvalue weighted by Gasteiger charge is 2.20. The average Bonchev–Trinajstić information content (AvgIpc) is 2.62. The summed E-state index contributed by atoms with van der Waals surface area (Å²) in [5.74, 6) is 1.96. The smallest absolute Gasteiger partial charge is 0.263 e. The molecule has 1 heterocycles. The molecule has 0 fully saturated rings. The average molecular weight is 362 g/mol. The number of hydrogen-bond donors (Lipinski definition) is 0. The van der Waals surface area contributed by atoms with Crippen molar-refractivity contribution in [2.24, 2.45) is 0 Å². The molecule has 132 valence electrons. The summed E-state index contributed by atoms with van der Waals surface area (Å²) in [6.45, 7) is 3.29. The highest BCUT2D eigenvalue weighted by Crippen LogP contribution is 2.31. The Morgan fingerprint density at radius 1 is 1.16 bits per heavy atom. The minimum Gasteiger partial charge on any atom is -0.486 e. The molecule has 1 unspecified atom stereocenters. The largest absolute Gasteiger partial charge is 0.486 e. The Morgan fingerprint density at radius 2 is 1.84 bits per heavy atom. The Hall–Kier alpha value is -2.40. The van der Waals surface area contributed by atoms with Gasteiger partial charge >= 0.3 is 0 Å². The zero-order chi connectivity index (χ0) is 17.8. The van der Waals surface area contributed by atoms with Crippen LogP contribution in [0.2, 0.25) is 5.02 Å². The summed E-state index contributed by atoms with van der Waals surface area (Å²) in [6, 6.07) is 12.7. The Labute approximate surface area is 152 Å². The molecule has 0 aromatic heterocycles. The van der Waals surface area contributed by atoms with Gasteiger partial charge in [-0.1, -0.05) is 17.7 Å². The zero-order valence-corrected chi connectivity index (χ0v) is 15.0. The van der Waals surface area contributed by atoms with E-state index in [0.29, 0.717) is 30.5 Å². The summed E-state index contributed by atoms with van der Waals surface area (Å²) in [4.78, 5) is 14.2. The highest BCUT2D eigenvalue weighted by molar-refractivity contribution is 6.30. The Bertz CT molecular complexity index is 748. The van der Waals surface area contributed by atoms with E-state index in [0.717, 1.165) is 17.1 Å². The van der Waals surface area contributed by atoms with E-state index in [1.165, 1.54) is 0 Å². The van der Waals surface area contributed by atoms with Crippen LogP contribution in [0.25, 0.3) is 0 Å². The molecule has 0 aliphatic carbocycles. The fourth-order valence-corrected chi connectivity index (χ4v) is 2.74. The molecule has 2 aromatic carbocycles. The lowest BCUT2D eigenvalue weighted by Crippen LogP contribution is -2.37. The fraction of sp³-hybridized carbons (Fsp3) is 0.316. The molecular weight excluding hydrogens is 342 g/mol. The van der Waals surface area contributed by atoms with Crippen LogP contribution >= 0.6 is 11.6 Å². The molecule has 0 saturated heterocycles. The van der Waals surface area contributed by atoms with Gasteiger partial charge in [-0.25, -0.2) is 0 Å². The molecule has 1 aliphatic heterocycles. The monoisotopic (exact) mass is 361 g/mol. The molecule has 1 aliphatic rings. The summed E-state index contributed by atoms with van der Waals surface area (Å²) in [6.07, 6.45) is -0.594. The van der Waals surface area contributed by atoms with Gasteiger partial charge in [-0.15, -0.1) is 0 Å². The lowest BCUT2D eigenvalue weighted by Gasteiger charge is -2.23. The zero-order valence-electron chi connectivity index (χ0n) is 14.2. The van der Waals surface area contributed by atoms with Gasteiger partial charge in [0.2, 0.25) is 0 Å². The van der Waals surface area contributed by atoms with Crippen LogP contribution in [0.3, 0.4) is 0 Å². The maximum Gasteiger partial charge on any atom is 0.263 e. The van der Waals surface area contributed by atoms with Gasteiger partial charge in [-0.05, 0) is 48.9 Å². The first kappa shape index (κ1) is 17.4. The van der Waals surface area contributed by atoms with Crippen LogP contribution < -0.4 is 14.2 Å². The Balaban J connectivity index is 1.60. The fourth-order valence-electron chi connectivity index (χ4n) is 2.62. The first-order valence-electron chi connectivity index (χ1n) is 8.08. The van der Waals surface area contributed by atoms with E-state index >= 15 is 0 Å². The summed E-state index contributed by atoms with van der Waals surface area (Å²) in [5.41, 5.74) is 0.971. The quantitative estimate of drug-likeness (QED) is 0.817. The summed E-state index contributed by atoms with van der Waals surface area (Å²) in [5, 5.41) is 0.627. The number of halogens is 1. The molecule has 25 heavy (non-hydrogen) atoms. The molecule has 0 N–H and O–H groups in total. The highest BCUT2D eigenvalue weighted by atomic mass is 35.5. The van der Waals surface area contributed by atoms with E-state index in [2.05, 4.69) is 0 Å². The molecule has 6 heteroatoms. The van der Waals surface area contributed by atoms with Gasteiger partial charge in [-0.3, -0.25) is 4.79 Å². The number of fused-ring (bicyclic) bond motifs is 1. The predicted molar refractivity (Wildman–Crippen MR) is 95.4 cm³/mol. The number of rotatable bonds is 5. The summed E-state index contributed by atoms with van der Waals surface area (Å²) >= 11 is 5.85. The standard InChI is InChI=1S/C19H20ClNO4/c1-13(25-16-6-4-15(20)5-7-16)19(22)21(2)12-14-3-8-17-18(11-14)24-10-9-23-17/h3-8,11,13H,9-10,12H2,1-2H3. The van der Waals surface area contributed by atoms with Crippen molar-refractivity contribution in [3.63, 3.8) is 0 Å². The third-order valence-electron chi connectivity index (χ3n) is 3.88. The van der Waals surface area contributed by atoms with Crippen LogP contribution in [0.1, 0.15) is 12.5 Å². The predicted octanol–water partition coefficient (Wildman–Crippen LogP) is 3.54. The van der Waals surface area contributed by atoms with Gasteiger partial charge in [0.25, 0.3) is 5.91 Å². The molecule has 1 amide bonds. The van der Waals surface area contributed by atoms with Crippen LogP contribution in [0.5, 0.6) is 17.2 Å². The van der Waals surface area contributed by atoms with Crippen LogP contribution in [0, 0.1) is 0 Å². The van der Waals surface area contributed by atoms with E-state index in [4.69, 9.17) is 25.8 Å². The number of hydrogen-bond acceptors (Lipinski definition) is 4. The Morgan fingerprint density at radius 3 is 2.56 bits per heavy atom. The van der Waals surface area contributed by atoms with Gasteiger partial charge < -0.3 is 19.1 Å². The van der Waals surface area contributed by atoms with Gasteiger partial charge in [0, 0.05) is 18.6 Å². The first-order chi connectivity index (χ1) is 12.0. The molecule has 5 nitrogen and oxygen atoms in total. The molecule has 0 saturated carbocycles. The van der Waals surface area contributed by atoms with Crippen molar-refractivity contribution in [1.82, 2.24) is 4.90 Å². The van der Waals surface area contributed by atoms with Crippen LogP contribution in [-0.2, 0) is 11.3 Å². The second-order valence-electron chi connectivity index (χ2n) is 5.89. The van der Waals surface area contributed by atoms with Crippen molar-refractivity contribution in [3.8, 4) is 17.2 Å². The summed E-state index contributed by atoms with van der Waals surface area (Å²) in [7, 11) is 1.75. The number of amides is 1. The van der Waals surface area contributed by atoms with Crippen LogP contribution in [0.4, 0.5) is 0 Å². The van der Waals surface area contributed by atoms with Crippen molar-refractivity contribution in [3.05, 3.63) is 53.1 Å². The molecular formula is C19H20ClNO4. The van der Waals surface area contributed by atoms with Crippen molar-refractivity contribution < 1.29 is 19.0 Å². The number of likely N-dealkylation sites (N-methyl/N-ethyl adjacent to an activating group) is 1. The molecule has 3 rings (SSSR count). The summed E-state index contributed by atoms with van der Waals surface area (Å²) < 4.78 is 16.8. The first-order valence-corrected chi connectivity index (χ1v) is 8.46. The third-order valence-corrected chi connectivity index (χ3v) is 4.13. The minimum atomic E-state index is -0.594. The molecule has 0 radical (unpaired) electrons. The van der Waals surface area contributed by atoms with Gasteiger partial charge in [0.15, 0.2) is 17.6 Å². The number of benzene rings is 2. The van der Waals surface area contributed by atoms with E-state index < -0.39 is 6.10 Å². The second kappa shape index (κ2) is 7.66. The number of nitrogens with zero attached hydrogens (tertiary/aromatic N) is 1. The topological polar surface area (TPSA) is 48.0 Å².